The molecule has 1 atom stereocenters. The van der Waals surface area contributed by atoms with E-state index in [1.807, 2.05) is 30.3 Å². The topological polar surface area (TPSA) is 71.8 Å². The minimum atomic E-state index is -1.26. The Morgan fingerprint density at radius 3 is 3.00 bits per heavy atom. The van der Waals surface area contributed by atoms with Crippen molar-refractivity contribution in [2.24, 2.45) is 5.16 Å². The highest BCUT2D eigenvalue weighted by atomic mass is 16.7. The van der Waals surface area contributed by atoms with Crippen LogP contribution in [-0.2, 0) is 9.63 Å². The maximum atomic E-state index is 11.1. The molecule has 5 nitrogen and oxygen atoms in total. The van der Waals surface area contributed by atoms with Gasteiger partial charge in [0.1, 0.15) is 0 Å². The van der Waals surface area contributed by atoms with E-state index >= 15 is 0 Å². The molecular formula is C14H12N2O3. The van der Waals surface area contributed by atoms with Gasteiger partial charge in [-0.2, -0.15) is 0 Å². The molecule has 1 aromatic carbocycles. The average molecular weight is 256 g/mol. The van der Waals surface area contributed by atoms with E-state index in [4.69, 9.17) is 9.94 Å². The van der Waals surface area contributed by atoms with E-state index in [-0.39, 0.29) is 6.42 Å². The van der Waals surface area contributed by atoms with Crippen LogP contribution in [-0.4, -0.2) is 27.4 Å². The van der Waals surface area contributed by atoms with Gasteiger partial charge >= 0.3 is 5.97 Å². The van der Waals surface area contributed by atoms with Gasteiger partial charge in [0.15, 0.2) is 0 Å². The zero-order chi connectivity index (χ0) is 13.5. The molecule has 0 bridgehead atoms. The molecule has 2 aromatic rings. The van der Waals surface area contributed by atoms with Crippen molar-refractivity contribution in [3.05, 3.63) is 42.1 Å². The minimum Gasteiger partial charge on any atom is -0.478 e. The van der Waals surface area contributed by atoms with Crippen molar-refractivity contribution in [2.45, 2.75) is 18.9 Å². The molecule has 0 amide bonds. The molecule has 19 heavy (non-hydrogen) atoms. The number of fused-ring (bicyclic) bond motifs is 1. The summed E-state index contributed by atoms with van der Waals surface area (Å²) in [5.74, 6) is -1.01. The number of benzene rings is 1. The third-order valence-corrected chi connectivity index (χ3v) is 3.25. The first-order valence-corrected chi connectivity index (χ1v) is 5.92. The predicted molar refractivity (Wildman–Crippen MR) is 70.0 cm³/mol. The Bertz CT molecular complexity index is 696. The number of hydrogen-bond acceptors (Lipinski definition) is 4. The summed E-state index contributed by atoms with van der Waals surface area (Å²) in [6, 6.07) is 9.53. The van der Waals surface area contributed by atoms with Crippen LogP contribution in [0.5, 0.6) is 0 Å². The first kappa shape index (κ1) is 11.6. The fourth-order valence-corrected chi connectivity index (χ4v) is 2.06. The number of rotatable bonds is 2. The van der Waals surface area contributed by atoms with E-state index in [0.717, 1.165) is 16.5 Å². The van der Waals surface area contributed by atoms with Gasteiger partial charge in [0.25, 0.3) is 0 Å². The molecule has 1 aromatic heterocycles. The van der Waals surface area contributed by atoms with Crippen molar-refractivity contribution in [1.29, 1.82) is 0 Å². The molecule has 3 rings (SSSR count). The third-order valence-electron chi connectivity index (χ3n) is 3.25. The molecule has 0 saturated heterocycles. The zero-order valence-electron chi connectivity index (χ0n) is 10.3. The lowest BCUT2D eigenvalue weighted by Gasteiger charge is -2.14. The van der Waals surface area contributed by atoms with Crippen LogP contribution < -0.4 is 0 Å². The van der Waals surface area contributed by atoms with Gasteiger partial charge in [0.05, 0.1) is 11.2 Å². The highest BCUT2D eigenvalue weighted by molar-refractivity contribution is 6.06. The summed E-state index contributed by atoms with van der Waals surface area (Å²) >= 11 is 0. The van der Waals surface area contributed by atoms with Gasteiger partial charge in [-0.25, -0.2) is 4.79 Å². The lowest BCUT2D eigenvalue weighted by atomic mass is 9.95. The first-order chi connectivity index (χ1) is 9.08. The summed E-state index contributed by atoms with van der Waals surface area (Å²) in [5.41, 5.74) is 1.15. The van der Waals surface area contributed by atoms with Gasteiger partial charge in [-0.3, -0.25) is 4.98 Å². The van der Waals surface area contributed by atoms with Gasteiger partial charge < -0.3 is 9.94 Å². The van der Waals surface area contributed by atoms with E-state index in [1.165, 1.54) is 6.92 Å². The predicted octanol–water partition coefficient (Wildman–Crippen LogP) is 2.20. The second kappa shape index (κ2) is 4.05. The molecule has 1 aliphatic rings. The molecule has 0 saturated carbocycles. The number of carbonyl (C=O) groups is 1. The molecule has 0 spiro atoms. The highest BCUT2D eigenvalue weighted by Gasteiger charge is 2.42. The SMILES string of the molecule is CC1(C(=O)O)CC(c2ccc3ncccc3c2)=NO1. The number of aromatic nitrogens is 1. The second-order valence-electron chi connectivity index (χ2n) is 4.75. The third kappa shape index (κ3) is 1.93. The number of nitrogens with zero attached hydrogens (tertiary/aromatic N) is 2. The Morgan fingerprint density at radius 1 is 1.42 bits per heavy atom. The van der Waals surface area contributed by atoms with E-state index in [2.05, 4.69) is 10.1 Å². The Labute approximate surface area is 109 Å². The van der Waals surface area contributed by atoms with Crippen LogP contribution in [0.4, 0.5) is 0 Å². The van der Waals surface area contributed by atoms with Crippen LogP contribution in [0.2, 0.25) is 0 Å². The van der Waals surface area contributed by atoms with Gasteiger partial charge in [0.2, 0.25) is 5.60 Å². The molecule has 96 valence electrons. The van der Waals surface area contributed by atoms with Crippen molar-refractivity contribution in [1.82, 2.24) is 4.98 Å². The summed E-state index contributed by atoms with van der Waals surface area (Å²) in [4.78, 5) is 20.4. The standard InChI is InChI=1S/C14H12N2O3/c1-14(13(17)18)8-12(16-19-14)10-4-5-11-9(7-10)3-2-6-15-11/h2-7H,8H2,1H3,(H,17,18). The van der Waals surface area contributed by atoms with E-state index in [1.54, 1.807) is 6.20 Å². The molecule has 0 radical (unpaired) electrons. The fourth-order valence-electron chi connectivity index (χ4n) is 2.06. The van der Waals surface area contributed by atoms with Crippen molar-refractivity contribution in [3.8, 4) is 0 Å². The zero-order valence-corrected chi connectivity index (χ0v) is 10.3. The molecule has 0 aliphatic carbocycles. The Balaban J connectivity index is 1.96. The van der Waals surface area contributed by atoms with Crippen LogP contribution in [0.1, 0.15) is 18.9 Å². The quantitative estimate of drug-likeness (QED) is 0.894. The summed E-state index contributed by atoms with van der Waals surface area (Å²) in [6.07, 6.45) is 1.99. The maximum Gasteiger partial charge on any atom is 0.351 e. The monoisotopic (exact) mass is 256 g/mol. The Morgan fingerprint density at radius 2 is 2.26 bits per heavy atom. The van der Waals surface area contributed by atoms with Gasteiger partial charge in [-0.15, -0.1) is 0 Å². The number of carboxylic acid groups (broad SMARTS) is 1. The van der Waals surface area contributed by atoms with E-state index < -0.39 is 11.6 Å². The molecule has 1 unspecified atom stereocenters. The Hall–Kier alpha value is -2.43. The number of carboxylic acids is 1. The number of oxime groups is 1. The number of aliphatic carboxylic acids is 1. The number of hydrogen-bond donors (Lipinski definition) is 1. The molecule has 1 N–H and O–H groups in total. The van der Waals surface area contributed by atoms with E-state index in [9.17, 15) is 4.79 Å². The largest absolute Gasteiger partial charge is 0.478 e. The maximum absolute atomic E-state index is 11.1. The van der Waals surface area contributed by atoms with Crippen molar-refractivity contribution < 1.29 is 14.7 Å². The van der Waals surface area contributed by atoms with Gasteiger partial charge in [-0.1, -0.05) is 17.3 Å². The van der Waals surface area contributed by atoms with Gasteiger partial charge in [0, 0.05) is 23.6 Å². The lowest BCUT2D eigenvalue weighted by Crippen LogP contribution is -2.35. The fraction of sp³-hybridized carbons (Fsp3) is 0.214. The molecular weight excluding hydrogens is 244 g/mol. The van der Waals surface area contributed by atoms with Crippen LogP contribution in [0.3, 0.4) is 0 Å². The highest BCUT2D eigenvalue weighted by Crippen LogP contribution is 2.27. The second-order valence-corrected chi connectivity index (χ2v) is 4.75. The minimum absolute atomic E-state index is 0.258. The van der Waals surface area contributed by atoms with Crippen LogP contribution in [0.15, 0.2) is 41.7 Å². The summed E-state index contributed by atoms with van der Waals surface area (Å²) in [6.45, 7) is 1.52. The van der Waals surface area contributed by atoms with Crippen LogP contribution in [0.25, 0.3) is 10.9 Å². The van der Waals surface area contributed by atoms with E-state index in [0.29, 0.717) is 5.71 Å². The summed E-state index contributed by atoms with van der Waals surface area (Å²) in [5, 5.41) is 14.0. The van der Waals surface area contributed by atoms with Crippen LogP contribution in [0, 0.1) is 0 Å². The smallest absolute Gasteiger partial charge is 0.351 e. The molecule has 5 heteroatoms. The first-order valence-electron chi connectivity index (χ1n) is 5.92. The molecule has 0 fully saturated rings. The number of pyridine rings is 1. The molecule has 2 heterocycles. The van der Waals surface area contributed by atoms with Crippen molar-refractivity contribution in [3.63, 3.8) is 0 Å². The van der Waals surface area contributed by atoms with Crippen molar-refractivity contribution in [2.75, 3.05) is 0 Å². The summed E-state index contributed by atoms with van der Waals surface area (Å²) in [7, 11) is 0. The Kier molecular flexibility index (Phi) is 2.48. The lowest BCUT2D eigenvalue weighted by molar-refractivity contribution is -0.160. The van der Waals surface area contributed by atoms with Gasteiger partial charge in [-0.05, 0) is 25.1 Å². The molecule has 1 aliphatic heterocycles. The summed E-state index contributed by atoms with van der Waals surface area (Å²) < 4.78 is 0. The average Bonchev–Trinajstić information content (AvgIpc) is 2.82. The normalized spacial score (nSPS) is 22.1. The van der Waals surface area contributed by atoms with Crippen LogP contribution >= 0.6 is 0 Å². The van der Waals surface area contributed by atoms with Crippen molar-refractivity contribution >= 4 is 22.6 Å².